The summed E-state index contributed by atoms with van der Waals surface area (Å²) < 4.78 is 16.5. The summed E-state index contributed by atoms with van der Waals surface area (Å²) in [5, 5.41) is 2.92. The molecule has 1 saturated heterocycles. The van der Waals surface area contributed by atoms with Gasteiger partial charge in [-0.3, -0.25) is 4.79 Å². The first-order valence-electron chi connectivity index (χ1n) is 7.42. The number of anilines is 1. The lowest BCUT2D eigenvalue weighted by Gasteiger charge is -2.23. The zero-order valence-electron chi connectivity index (χ0n) is 12.0. The Morgan fingerprint density at radius 1 is 1.10 bits per heavy atom. The van der Waals surface area contributed by atoms with Crippen molar-refractivity contribution < 1.29 is 23.9 Å². The zero-order chi connectivity index (χ0) is 14.5. The highest BCUT2D eigenvalue weighted by Crippen LogP contribution is 2.32. The largest absolute Gasteiger partial charge is 0.490 e. The van der Waals surface area contributed by atoms with E-state index in [9.17, 15) is 4.79 Å². The molecule has 21 heavy (non-hydrogen) atoms. The predicted molar refractivity (Wildman–Crippen MR) is 77.1 cm³/mol. The molecule has 2 N–H and O–H groups in total. The van der Waals surface area contributed by atoms with Gasteiger partial charge in [-0.15, -0.1) is 0 Å². The summed E-state index contributed by atoms with van der Waals surface area (Å²) in [5.74, 6) is 1.45. The van der Waals surface area contributed by atoms with Crippen LogP contribution in [0.3, 0.4) is 0 Å². The van der Waals surface area contributed by atoms with Gasteiger partial charge in [0.1, 0.15) is 13.1 Å². The topological polar surface area (TPSA) is 61.2 Å². The van der Waals surface area contributed by atoms with Gasteiger partial charge in [0, 0.05) is 18.2 Å². The Labute approximate surface area is 124 Å². The van der Waals surface area contributed by atoms with Gasteiger partial charge in [0.05, 0.1) is 26.4 Å². The minimum absolute atomic E-state index is 0.0152. The summed E-state index contributed by atoms with van der Waals surface area (Å²) in [6.07, 6.45) is 0.872. The highest BCUT2D eigenvalue weighted by atomic mass is 16.5. The maximum Gasteiger partial charge on any atom is 0.279 e. The SMILES string of the molecule is O=C(C[NH+]1CCOCC1)Nc1ccc2c(c1)OCCCO2. The molecule has 114 valence electrons. The van der Waals surface area contributed by atoms with E-state index in [4.69, 9.17) is 14.2 Å². The van der Waals surface area contributed by atoms with Crippen LogP contribution in [0.15, 0.2) is 18.2 Å². The number of nitrogens with one attached hydrogen (secondary N) is 2. The third-order valence-corrected chi connectivity index (χ3v) is 3.64. The molecule has 2 aliphatic heterocycles. The number of rotatable bonds is 3. The van der Waals surface area contributed by atoms with Crippen LogP contribution in [0, 0.1) is 0 Å². The van der Waals surface area contributed by atoms with E-state index in [1.54, 1.807) is 0 Å². The molecule has 6 heteroatoms. The van der Waals surface area contributed by atoms with Crippen LogP contribution in [0.1, 0.15) is 6.42 Å². The Kier molecular flexibility index (Phi) is 4.57. The van der Waals surface area contributed by atoms with Gasteiger partial charge in [0.2, 0.25) is 0 Å². The van der Waals surface area contributed by atoms with E-state index >= 15 is 0 Å². The number of ether oxygens (including phenoxy) is 3. The molecular formula is C15H21N2O4+. The van der Waals surface area contributed by atoms with E-state index in [1.165, 1.54) is 4.90 Å². The van der Waals surface area contributed by atoms with Gasteiger partial charge in [-0.25, -0.2) is 0 Å². The molecule has 0 saturated carbocycles. The second-order valence-corrected chi connectivity index (χ2v) is 5.30. The van der Waals surface area contributed by atoms with Crippen molar-refractivity contribution in [2.45, 2.75) is 6.42 Å². The van der Waals surface area contributed by atoms with Gasteiger partial charge in [-0.2, -0.15) is 0 Å². The van der Waals surface area contributed by atoms with E-state index in [0.717, 1.165) is 44.2 Å². The third kappa shape index (κ3) is 3.86. The summed E-state index contributed by atoms with van der Waals surface area (Å²) >= 11 is 0. The van der Waals surface area contributed by atoms with Gasteiger partial charge in [0.25, 0.3) is 5.91 Å². The lowest BCUT2D eigenvalue weighted by Crippen LogP contribution is -3.15. The minimum atomic E-state index is 0.0152. The summed E-state index contributed by atoms with van der Waals surface area (Å²) in [4.78, 5) is 13.3. The van der Waals surface area contributed by atoms with Gasteiger partial charge in [-0.1, -0.05) is 0 Å². The molecule has 1 aromatic carbocycles. The normalized spacial score (nSPS) is 18.9. The summed E-state index contributed by atoms with van der Waals surface area (Å²) in [6.45, 7) is 5.00. The molecule has 0 aliphatic carbocycles. The van der Waals surface area contributed by atoms with Crippen molar-refractivity contribution in [3.8, 4) is 11.5 Å². The maximum atomic E-state index is 12.1. The molecule has 6 nitrogen and oxygen atoms in total. The van der Waals surface area contributed by atoms with Crippen molar-refractivity contribution in [1.29, 1.82) is 0 Å². The number of carbonyl (C=O) groups excluding carboxylic acids is 1. The van der Waals surface area contributed by atoms with Crippen molar-refractivity contribution in [1.82, 2.24) is 0 Å². The molecule has 0 aromatic heterocycles. The molecule has 0 spiro atoms. The van der Waals surface area contributed by atoms with Crippen molar-refractivity contribution >= 4 is 11.6 Å². The highest BCUT2D eigenvalue weighted by Gasteiger charge is 2.18. The molecule has 1 amide bonds. The fourth-order valence-electron chi connectivity index (χ4n) is 2.51. The number of fused-ring (bicyclic) bond motifs is 1. The number of morpholine rings is 1. The first-order valence-corrected chi connectivity index (χ1v) is 7.42. The van der Waals surface area contributed by atoms with Crippen molar-refractivity contribution in [3.63, 3.8) is 0 Å². The number of hydrogen-bond donors (Lipinski definition) is 2. The second kappa shape index (κ2) is 6.78. The van der Waals surface area contributed by atoms with Gasteiger partial charge in [-0.05, 0) is 12.1 Å². The van der Waals surface area contributed by atoms with Crippen LogP contribution < -0.4 is 19.7 Å². The highest BCUT2D eigenvalue weighted by molar-refractivity contribution is 5.91. The standard InChI is InChI=1S/C15H20N2O4/c18-15(11-17-4-8-19-9-5-17)16-12-2-3-13-14(10-12)21-7-1-6-20-13/h2-3,10H,1,4-9,11H2,(H,16,18)/p+1. The van der Waals surface area contributed by atoms with E-state index in [-0.39, 0.29) is 5.91 Å². The Bertz CT molecular complexity index is 500. The predicted octanol–water partition coefficient (Wildman–Crippen LogP) is -0.298. The van der Waals surface area contributed by atoms with E-state index < -0.39 is 0 Å². The van der Waals surface area contributed by atoms with Crippen molar-refractivity contribution in [2.24, 2.45) is 0 Å². The molecule has 2 heterocycles. The lowest BCUT2D eigenvalue weighted by molar-refractivity contribution is -0.899. The van der Waals surface area contributed by atoms with Crippen molar-refractivity contribution in [3.05, 3.63) is 18.2 Å². The molecule has 3 rings (SSSR count). The fraction of sp³-hybridized carbons (Fsp3) is 0.533. The third-order valence-electron chi connectivity index (χ3n) is 3.64. The van der Waals surface area contributed by atoms with Crippen molar-refractivity contribution in [2.75, 3.05) is 51.4 Å². The summed E-state index contributed by atoms with van der Waals surface area (Å²) in [7, 11) is 0. The molecule has 0 radical (unpaired) electrons. The summed E-state index contributed by atoms with van der Waals surface area (Å²) in [5.41, 5.74) is 0.747. The minimum Gasteiger partial charge on any atom is -0.490 e. The molecule has 0 atom stereocenters. The average Bonchev–Trinajstić information content (AvgIpc) is 2.73. The molecular weight excluding hydrogens is 272 g/mol. The van der Waals surface area contributed by atoms with E-state index in [2.05, 4.69) is 5.32 Å². The van der Waals surface area contributed by atoms with Crippen LogP contribution in [-0.4, -0.2) is 52.0 Å². The molecule has 0 bridgehead atoms. The molecule has 2 aliphatic rings. The number of carbonyl (C=O) groups is 1. The van der Waals surface area contributed by atoms with Crippen LogP contribution in [-0.2, 0) is 9.53 Å². The molecule has 1 fully saturated rings. The second-order valence-electron chi connectivity index (χ2n) is 5.30. The number of hydrogen-bond acceptors (Lipinski definition) is 4. The Morgan fingerprint density at radius 2 is 1.86 bits per heavy atom. The van der Waals surface area contributed by atoms with Crippen LogP contribution >= 0.6 is 0 Å². The van der Waals surface area contributed by atoms with E-state index in [0.29, 0.717) is 25.5 Å². The molecule has 1 aromatic rings. The van der Waals surface area contributed by atoms with Gasteiger partial charge in [0.15, 0.2) is 18.0 Å². The fourth-order valence-corrected chi connectivity index (χ4v) is 2.51. The van der Waals surface area contributed by atoms with Gasteiger partial charge < -0.3 is 24.4 Å². The number of benzene rings is 1. The van der Waals surface area contributed by atoms with Crippen LogP contribution in [0.5, 0.6) is 11.5 Å². The van der Waals surface area contributed by atoms with Crippen LogP contribution in [0.25, 0.3) is 0 Å². The lowest BCUT2D eigenvalue weighted by atomic mass is 10.2. The smallest absolute Gasteiger partial charge is 0.279 e. The quantitative estimate of drug-likeness (QED) is 0.803. The average molecular weight is 293 g/mol. The van der Waals surface area contributed by atoms with Crippen LogP contribution in [0.2, 0.25) is 0 Å². The molecule has 0 unspecified atom stereocenters. The first-order chi connectivity index (χ1) is 10.3. The monoisotopic (exact) mass is 293 g/mol. The Morgan fingerprint density at radius 3 is 2.67 bits per heavy atom. The first kappa shape index (κ1) is 14.2. The number of quaternary nitrogens is 1. The zero-order valence-corrected chi connectivity index (χ0v) is 12.0. The Balaban J connectivity index is 1.59. The maximum absolute atomic E-state index is 12.1. The number of amides is 1. The van der Waals surface area contributed by atoms with Crippen LogP contribution in [0.4, 0.5) is 5.69 Å². The summed E-state index contributed by atoms with van der Waals surface area (Å²) in [6, 6.07) is 5.52. The van der Waals surface area contributed by atoms with E-state index in [1.807, 2.05) is 18.2 Å². The Hall–Kier alpha value is -1.79. The van der Waals surface area contributed by atoms with Gasteiger partial charge >= 0.3 is 0 Å².